The number of hydrogen-bond donors (Lipinski definition) is 1. The molecule has 0 aromatic heterocycles. The van der Waals surface area contributed by atoms with E-state index in [0.29, 0.717) is 18.2 Å². The molecule has 1 N–H and O–H groups in total. The van der Waals surface area contributed by atoms with Crippen molar-refractivity contribution in [3.63, 3.8) is 0 Å². The molecule has 0 radical (unpaired) electrons. The van der Waals surface area contributed by atoms with Crippen molar-refractivity contribution in [3.05, 3.63) is 41.5 Å². The molecule has 1 heterocycles. The Morgan fingerprint density at radius 1 is 1.13 bits per heavy atom. The lowest BCUT2D eigenvalue weighted by Gasteiger charge is -2.22. The van der Waals surface area contributed by atoms with Crippen molar-refractivity contribution < 1.29 is 18.3 Å². The Morgan fingerprint density at radius 2 is 1.87 bits per heavy atom. The molecule has 0 saturated carbocycles. The number of aliphatic carboxylic acids is 1. The molecule has 1 unspecified atom stereocenters. The van der Waals surface area contributed by atoms with Gasteiger partial charge in [-0.1, -0.05) is 24.3 Å². The van der Waals surface area contributed by atoms with Crippen LogP contribution in [0.2, 0.25) is 0 Å². The van der Waals surface area contributed by atoms with Gasteiger partial charge in [-0.05, 0) is 48.3 Å². The normalized spacial score (nSPS) is 21.1. The monoisotopic (exact) mass is 331 g/mol. The van der Waals surface area contributed by atoms with Crippen LogP contribution in [-0.4, -0.2) is 36.4 Å². The first-order valence-corrected chi connectivity index (χ1v) is 9.22. The fourth-order valence-electron chi connectivity index (χ4n) is 3.85. The number of sulfonamides is 1. The SMILES string of the molecule is O=C(O)C1CCCN1S(=O)(=O)c1ccc2c3c(cccc13)CC2. The molecule has 1 fully saturated rings. The van der Waals surface area contributed by atoms with Crippen molar-refractivity contribution in [1.29, 1.82) is 0 Å². The van der Waals surface area contributed by atoms with Gasteiger partial charge >= 0.3 is 5.97 Å². The molecule has 1 aliphatic carbocycles. The fraction of sp³-hybridized carbons (Fsp3) is 0.353. The Labute approximate surface area is 134 Å². The molecule has 120 valence electrons. The molecule has 1 aliphatic heterocycles. The molecule has 5 nitrogen and oxygen atoms in total. The van der Waals surface area contributed by atoms with Gasteiger partial charge in [0.05, 0.1) is 4.90 Å². The number of benzene rings is 2. The summed E-state index contributed by atoms with van der Waals surface area (Å²) >= 11 is 0. The standard InChI is InChI=1S/C17H17NO4S/c19-17(20)14-5-2-10-18(14)23(21,22)15-9-8-12-7-6-11-3-1-4-13(15)16(11)12/h1,3-4,8-9,14H,2,5-7,10H2,(H,19,20). The van der Waals surface area contributed by atoms with Crippen LogP contribution >= 0.6 is 0 Å². The highest BCUT2D eigenvalue weighted by atomic mass is 32.2. The highest BCUT2D eigenvalue weighted by molar-refractivity contribution is 7.89. The summed E-state index contributed by atoms with van der Waals surface area (Å²) in [6.07, 6.45) is 2.81. The first kappa shape index (κ1) is 14.7. The van der Waals surface area contributed by atoms with E-state index in [9.17, 15) is 18.3 Å². The molecule has 23 heavy (non-hydrogen) atoms. The fourth-order valence-corrected chi connectivity index (χ4v) is 5.69. The van der Waals surface area contributed by atoms with Crippen molar-refractivity contribution in [2.45, 2.75) is 36.6 Å². The van der Waals surface area contributed by atoms with Crippen LogP contribution in [0, 0.1) is 0 Å². The zero-order valence-corrected chi connectivity index (χ0v) is 13.3. The lowest BCUT2D eigenvalue weighted by atomic mass is 10.1. The minimum Gasteiger partial charge on any atom is -0.480 e. The number of nitrogens with zero attached hydrogens (tertiary/aromatic N) is 1. The van der Waals surface area contributed by atoms with Gasteiger partial charge in [-0.3, -0.25) is 4.79 Å². The summed E-state index contributed by atoms with van der Waals surface area (Å²) in [6.45, 7) is 0.266. The number of carbonyl (C=O) groups is 1. The Balaban J connectivity index is 1.91. The second kappa shape index (κ2) is 5.04. The van der Waals surface area contributed by atoms with Gasteiger partial charge < -0.3 is 5.11 Å². The number of hydrogen-bond acceptors (Lipinski definition) is 3. The van der Waals surface area contributed by atoms with Crippen molar-refractivity contribution in [1.82, 2.24) is 4.31 Å². The van der Waals surface area contributed by atoms with Gasteiger partial charge in [-0.2, -0.15) is 4.31 Å². The van der Waals surface area contributed by atoms with Crippen LogP contribution < -0.4 is 0 Å². The van der Waals surface area contributed by atoms with E-state index in [1.807, 2.05) is 24.3 Å². The summed E-state index contributed by atoms with van der Waals surface area (Å²) in [7, 11) is -3.81. The Hall–Kier alpha value is -1.92. The van der Waals surface area contributed by atoms with E-state index in [2.05, 4.69) is 0 Å². The van der Waals surface area contributed by atoms with Crippen LogP contribution in [0.4, 0.5) is 0 Å². The highest BCUT2D eigenvalue weighted by Crippen LogP contribution is 2.36. The third-order valence-electron chi connectivity index (χ3n) is 4.91. The van der Waals surface area contributed by atoms with Crippen LogP contribution in [0.3, 0.4) is 0 Å². The molecule has 6 heteroatoms. The Bertz CT molecular complexity index is 909. The Kier molecular flexibility index (Phi) is 3.21. The first-order valence-electron chi connectivity index (χ1n) is 7.78. The third kappa shape index (κ3) is 2.09. The van der Waals surface area contributed by atoms with Crippen LogP contribution in [0.25, 0.3) is 10.8 Å². The minimum atomic E-state index is -3.81. The maximum absolute atomic E-state index is 13.1. The average molecular weight is 331 g/mol. The predicted octanol–water partition coefficient (Wildman–Crippen LogP) is 2.18. The van der Waals surface area contributed by atoms with Crippen molar-refractivity contribution >= 4 is 26.8 Å². The number of aryl methyl sites for hydroxylation is 2. The molecule has 0 spiro atoms. The quantitative estimate of drug-likeness (QED) is 0.935. The molecular weight excluding hydrogens is 314 g/mol. The largest absolute Gasteiger partial charge is 0.480 e. The second-order valence-corrected chi connectivity index (χ2v) is 8.03. The smallest absolute Gasteiger partial charge is 0.322 e. The van der Waals surface area contributed by atoms with Gasteiger partial charge in [0.2, 0.25) is 10.0 Å². The second-order valence-electron chi connectivity index (χ2n) is 6.17. The molecule has 0 amide bonds. The van der Waals surface area contributed by atoms with Gasteiger partial charge in [-0.25, -0.2) is 8.42 Å². The van der Waals surface area contributed by atoms with E-state index in [1.54, 1.807) is 6.07 Å². The predicted molar refractivity (Wildman–Crippen MR) is 85.9 cm³/mol. The molecule has 4 rings (SSSR count). The topological polar surface area (TPSA) is 74.7 Å². The molecule has 1 saturated heterocycles. The van der Waals surface area contributed by atoms with Gasteiger partial charge in [-0.15, -0.1) is 0 Å². The molecule has 0 bridgehead atoms. The van der Waals surface area contributed by atoms with Gasteiger partial charge in [0.1, 0.15) is 6.04 Å². The van der Waals surface area contributed by atoms with Crippen LogP contribution in [0.15, 0.2) is 35.2 Å². The lowest BCUT2D eigenvalue weighted by molar-refractivity contribution is -0.140. The highest BCUT2D eigenvalue weighted by Gasteiger charge is 2.40. The van der Waals surface area contributed by atoms with E-state index in [0.717, 1.165) is 22.5 Å². The number of carboxylic acid groups (broad SMARTS) is 1. The van der Waals surface area contributed by atoms with Crippen LogP contribution in [-0.2, 0) is 27.7 Å². The summed E-state index contributed by atoms with van der Waals surface area (Å²) in [5.74, 6) is -1.07. The molecule has 2 aromatic rings. The van der Waals surface area contributed by atoms with E-state index in [-0.39, 0.29) is 11.4 Å². The zero-order valence-electron chi connectivity index (χ0n) is 12.5. The van der Waals surface area contributed by atoms with E-state index < -0.39 is 22.0 Å². The lowest BCUT2D eigenvalue weighted by Crippen LogP contribution is -2.40. The summed E-state index contributed by atoms with van der Waals surface area (Å²) in [5, 5.41) is 11.0. The molecule has 1 atom stereocenters. The number of carboxylic acids is 1. The summed E-state index contributed by atoms with van der Waals surface area (Å²) < 4.78 is 27.3. The summed E-state index contributed by atoms with van der Waals surface area (Å²) in [4.78, 5) is 11.6. The van der Waals surface area contributed by atoms with Crippen molar-refractivity contribution in [3.8, 4) is 0 Å². The van der Waals surface area contributed by atoms with Gasteiger partial charge in [0.15, 0.2) is 0 Å². The van der Waals surface area contributed by atoms with Crippen molar-refractivity contribution in [2.24, 2.45) is 0 Å². The maximum atomic E-state index is 13.1. The van der Waals surface area contributed by atoms with Gasteiger partial charge in [0, 0.05) is 11.9 Å². The van der Waals surface area contributed by atoms with Gasteiger partial charge in [0.25, 0.3) is 0 Å². The first-order chi connectivity index (χ1) is 11.0. The van der Waals surface area contributed by atoms with Crippen LogP contribution in [0.1, 0.15) is 24.0 Å². The van der Waals surface area contributed by atoms with E-state index in [4.69, 9.17) is 0 Å². The number of rotatable bonds is 3. The molecule has 2 aliphatic rings. The molecular formula is C17H17NO4S. The summed E-state index contributed by atoms with van der Waals surface area (Å²) in [6, 6.07) is 8.29. The maximum Gasteiger partial charge on any atom is 0.322 e. The van der Waals surface area contributed by atoms with Crippen LogP contribution in [0.5, 0.6) is 0 Å². The summed E-state index contributed by atoms with van der Waals surface area (Å²) in [5.41, 5.74) is 2.34. The average Bonchev–Trinajstić information content (AvgIpc) is 3.16. The third-order valence-corrected chi connectivity index (χ3v) is 6.88. The minimum absolute atomic E-state index is 0.230. The van der Waals surface area contributed by atoms with Crippen molar-refractivity contribution in [2.75, 3.05) is 6.54 Å². The van der Waals surface area contributed by atoms with E-state index in [1.165, 1.54) is 11.1 Å². The zero-order chi connectivity index (χ0) is 16.2. The Morgan fingerprint density at radius 3 is 2.61 bits per heavy atom. The van der Waals surface area contributed by atoms with E-state index >= 15 is 0 Å². The molecule has 2 aromatic carbocycles.